The molecule has 25 heavy (non-hydrogen) atoms. The Labute approximate surface area is 158 Å². The summed E-state index contributed by atoms with van der Waals surface area (Å²) in [5, 5.41) is 3.19. The summed E-state index contributed by atoms with van der Waals surface area (Å²) in [5.74, 6) is -1.02. The van der Waals surface area contributed by atoms with Crippen LogP contribution < -0.4 is 5.32 Å². The number of carbonyl (C=O) groups is 2. The van der Waals surface area contributed by atoms with Gasteiger partial charge in [0, 0.05) is 5.56 Å². The number of nitrogens with one attached hydrogen (secondary N) is 1. The predicted octanol–water partition coefficient (Wildman–Crippen LogP) is 5.34. The number of halogens is 2. The van der Waals surface area contributed by atoms with Crippen molar-refractivity contribution in [3.05, 3.63) is 76.1 Å². The maximum absolute atomic E-state index is 13.3. The second-order valence-electron chi connectivity index (χ2n) is 5.63. The van der Waals surface area contributed by atoms with Gasteiger partial charge in [0.25, 0.3) is 5.91 Å². The van der Waals surface area contributed by atoms with Gasteiger partial charge in [0.1, 0.15) is 9.34 Å². The number of alkyl halides is 1. The minimum Gasteiger partial charge on any atom is -0.315 e. The summed E-state index contributed by atoms with van der Waals surface area (Å²) in [4.78, 5) is 24.2. The third-order valence-electron chi connectivity index (χ3n) is 4.18. The van der Waals surface area contributed by atoms with Crippen LogP contribution in [0.2, 0.25) is 4.34 Å². The van der Waals surface area contributed by atoms with Crippen molar-refractivity contribution >= 4 is 51.2 Å². The van der Waals surface area contributed by atoms with Crippen molar-refractivity contribution in [2.24, 2.45) is 0 Å². The lowest BCUT2D eigenvalue weighted by Gasteiger charge is -2.29. The van der Waals surface area contributed by atoms with Gasteiger partial charge in [-0.1, -0.05) is 83.9 Å². The van der Waals surface area contributed by atoms with Crippen molar-refractivity contribution in [1.29, 1.82) is 0 Å². The second-order valence-corrected chi connectivity index (χ2v) is 7.82. The van der Waals surface area contributed by atoms with Crippen LogP contribution in [0.4, 0.5) is 5.00 Å². The molecule has 0 spiro atoms. The molecule has 1 unspecified atom stereocenters. The first-order valence-electron chi connectivity index (χ1n) is 7.52. The number of hydrogen-bond donors (Lipinski definition) is 1. The fraction of sp³-hybridized carbons (Fsp3) is 0.0526. The molecule has 1 aromatic heterocycles. The molecule has 1 N–H and O–H groups in total. The number of rotatable bonds is 2. The van der Waals surface area contributed by atoms with Crippen LogP contribution in [-0.2, 0) is 9.67 Å². The van der Waals surface area contributed by atoms with Gasteiger partial charge in [-0.05, 0) is 11.1 Å². The van der Waals surface area contributed by atoms with E-state index in [4.69, 9.17) is 23.2 Å². The van der Waals surface area contributed by atoms with E-state index in [1.165, 1.54) is 11.3 Å². The maximum Gasteiger partial charge on any atom is 0.258 e. The molecule has 1 atom stereocenters. The zero-order valence-corrected chi connectivity index (χ0v) is 15.1. The molecule has 0 bridgehead atoms. The number of hydrogen-bond acceptors (Lipinski definition) is 3. The molecule has 1 aliphatic rings. The maximum atomic E-state index is 13.3. The molecule has 0 saturated carbocycles. The lowest BCUT2D eigenvalue weighted by molar-refractivity contribution is -0.117. The molecule has 2 heterocycles. The molecule has 4 rings (SSSR count). The van der Waals surface area contributed by atoms with E-state index < -0.39 is 16.6 Å². The van der Waals surface area contributed by atoms with E-state index in [2.05, 4.69) is 5.32 Å². The number of amides is 1. The van der Waals surface area contributed by atoms with Gasteiger partial charge in [-0.15, -0.1) is 11.3 Å². The molecule has 0 saturated heterocycles. The normalized spacial score (nSPS) is 19.4. The molecule has 1 amide bonds. The van der Waals surface area contributed by atoms with Gasteiger partial charge in [0.05, 0.1) is 5.56 Å². The third-order valence-corrected chi connectivity index (χ3v) is 6.05. The van der Waals surface area contributed by atoms with Crippen molar-refractivity contribution in [3.63, 3.8) is 0 Å². The Balaban J connectivity index is 1.95. The number of fused-ring (bicyclic) bond motifs is 1. The van der Waals surface area contributed by atoms with Crippen molar-refractivity contribution in [2.45, 2.75) is 4.87 Å². The van der Waals surface area contributed by atoms with E-state index in [1.807, 2.05) is 30.3 Å². The van der Waals surface area contributed by atoms with Crippen molar-refractivity contribution in [1.82, 2.24) is 0 Å². The fourth-order valence-corrected chi connectivity index (χ4v) is 4.61. The molecule has 2 aromatic carbocycles. The van der Waals surface area contributed by atoms with Gasteiger partial charge in [-0.25, -0.2) is 0 Å². The number of carbonyl (C=O) groups excluding carboxylic acids is 2. The summed E-state index contributed by atoms with van der Waals surface area (Å²) in [5.41, 5.74) is 2.21. The molecule has 3 nitrogen and oxygen atoms in total. The Morgan fingerprint density at radius 3 is 2.12 bits per heavy atom. The number of Topliss-reactive ketones (excluding diaryl/α,β-unsaturated/α-hetero) is 1. The third kappa shape index (κ3) is 2.41. The number of ketones is 1. The first-order valence-corrected chi connectivity index (χ1v) is 9.09. The van der Waals surface area contributed by atoms with Crippen LogP contribution in [0.15, 0.2) is 60.7 Å². The average molecular weight is 388 g/mol. The zero-order valence-electron chi connectivity index (χ0n) is 12.8. The molecule has 6 heteroatoms. The highest BCUT2D eigenvalue weighted by atomic mass is 35.5. The molecular formula is C19H11Cl2NO2S. The van der Waals surface area contributed by atoms with E-state index in [0.717, 1.165) is 5.56 Å². The van der Waals surface area contributed by atoms with Crippen molar-refractivity contribution in [3.8, 4) is 11.1 Å². The molecule has 3 aromatic rings. The average Bonchev–Trinajstić information content (AvgIpc) is 2.97. The molecule has 0 aliphatic carbocycles. The monoisotopic (exact) mass is 387 g/mol. The quantitative estimate of drug-likeness (QED) is 0.476. The van der Waals surface area contributed by atoms with Crippen LogP contribution in [0.3, 0.4) is 0 Å². The summed E-state index contributed by atoms with van der Waals surface area (Å²) >= 11 is 14.2. The molecule has 124 valence electrons. The summed E-state index contributed by atoms with van der Waals surface area (Å²) in [6.45, 7) is 0. The molecule has 0 fully saturated rings. The Morgan fingerprint density at radius 2 is 1.48 bits per heavy atom. The van der Waals surface area contributed by atoms with Gasteiger partial charge in [-0.3, -0.25) is 9.59 Å². The van der Waals surface area contributed by atoms with Crippen LogP contribution in [-0.4, -0.2) is 11.7 Å². The van der Waals surface area contributed by atoms with E-state index in [1.54, 1.807) is 30.3 Å². The number of benzene rings is 2. The minimum absolute atomic E-state index is 0.361. The fourth-order valence-electron chi connectivity index (χ4n) is 2.97. The minimum atomic E-state index is -1.80. The van der Waals surface area contributed by atoms with Crippen molar-refractivity contribution < 1.29 is 9.59 Å². The van der Waals surface area contributed by atoms with E-state index in [-0.39, 0.29) is 0 Å². The molecule has 0 radical (unpaired) electrons. The lowest BCUT2D eigenvalue weighted by atomic mass is 9.85. The molecular weight excluding hydrogens is 377 g/mol. The van der Waals surface area contributed by atoms with Crippen LogP contribution in [0, 0.1) is 0 Å². The Bertz CT molecular complexity index is 985. The Kier molecular flexibility index (Phi) is 3.91. The highest BCUT2D eigenvalue weighted by molar-refractivity contribution is 7.21. The van der Waals surface area contributed by atoms with Crippen LogP contribution in [0.25, 0.3) is 11.1 Å². The SMILES string of the molecule is O=C1Nc2sc(Cl)c(-c3ccccc3)c2C(=O)C1(Cl)c1ccccc1. The highest BCUT2D eigenvalue weighted by Crippen LogP contribution is 2.50. The summed E-state index contributed by atoms with van der Waals surface area (Å²) < 4.78 is 0.443. The summed E-state index contributed by atoms with van der Waals surface area (Å²) in [6.07, 6.45) is 0. The highest BCUT2D eigenvalue weighted by Gasteiger charge is 2.52. The first kappa shape index (κ1) is 16.3. The van der Waals surface area contributed by atoms with Gasteiger partial charge >= 0.3 is 0 Å². The van der Waals surface area contributed by atoms with Crippen LogP contribution in [0.5, 0.6) is 0 Å². The van der Waals surface area contributed by atoms with Gasteiger partial charge in [-0.2, -0.15) is 0 Å². The van der Waals surface area contributed by atoms with Gasteiger partial charge in [0.2, 0.25) is 10.7 Å². The second kappa shape index (κ2) is 5.99. The summed E-state index contributed by atoms with van der Waals surface area (Å²) in [7, 11) is 0. The number of thiophene rings is 1. The first-order chi connectivity index (χ1) is 12.0. The van der Waals surface area contributed by atoms with E-state index in [0.29, 0.717) is 26.0 Å². The number of anilines is 1. The smallest absolute Gasteiger partial charge is 0.258 e. The zero-order chi connectivity index (χ0) is 17.6. The van der Waals surface area contributed by atoms with Gasteiger partial charge in [0.15, 0.2) is 0 Å². The van der Waals surface area contributed by atoms with Gasteiger partial charge < -0.3 is 5.32 Å². The lowest BCUT2D eigenvalue weighted by Crippen LogP contribution is -2.46. The Hall–Kier alpha value is -2.14. The van der Waals surface area contributed by atoms with Crippen LogP contribution in [0.1, 0.15) is 15.9 Å². The topological polar surface area (TPSA) is 46.2 Å². The Morgan fingerprint density at radius 1 is 0.880 bits per heavy atom. The summed E-state index contributed by atoms with van der Waals surface area (Å²) in [6, 6.07) is 18.0. The van der Waals surface area contributed by atoms with E-state index >= 15 is 0 Å². The van der Waals surface area contributed by atoms with Crippen molar-refractivity contribution in [2.75, 3.05) is 5.32 Å². The molecule has 1 aliphatic heterocycles. The van der Waals surface area contributed by atoms with E-state index in [9.17, 15) is 9.59 Å². The standard InChI is InChI=1S/C19H11Cl2NO2S/c20-16-13(11-7-3-1-4-8-11)14-15(23)19(21,12-9-5-2-6-10-12)18(24)22-17(14)25-16/h1-10H,(H,22,24). The van der Waals surface area contributed by atoms with Crippen LogP contribution >= 0.6 is 34.5 Å². The predicted molar refractivity (Wildman–Crippen MR) is 102 cm³/mol. The largest absolute Gasteiger partial charge is 0.315 e.